The third-order valence-electron chi connectivity index (χ3n) is 2.52. The summed E-state index contributed by atoms with van der Waals surface area (Å²) in [5.74, 6) is 0. The van der Waals surface area contributed by atoms with Crippen LogP contribution in [0.3, 0.4) is 0 Å². The van der Waals surface area contributed by atoms with Gasteiger partial charge in [-0.25, -0.2) is 0 Å². The van der Waals surface area contributed by atoms with E-state index in [4.69, 9.17) is 9.47 Å². The lowest BCUT2D eigenvalue weighted by Crippen LogP contribution is -2.41. The summed E-state index contributed by atoms with van der Waals surface area (Å²) in [5, 5.41) is 9.97. The van der Waals surface area contributed by atoms with E-state index in [1.807, 2.05) is 0 Å². The first-order valence-electron chi connectivity index (χ1n) is 4.44. The summed E-state index contributed by atoms with van der Waals surface area (Å²) in [7, 11) is 3.32. The van der Waals surface area contributed by atoms with Crippen molar-refractivity contribution in [3.05, 3.63) is 0 Å². The molecule has 0 saturated heterocycles. The predicted molar refractivity (Wildman–Crippen MR) is 46.1 cm³/mol. The van der Waals surface area contributed by atoms with E-state index in [1.54, 1.807) is 14.2 Å². The van der Waals surface area contributed by atoms with Crippen LogP contribution in [0, 0.1) is 0 Å². The third-order valence-corrected chi connectivity index (χ3v) is 2.52. The first-order valence-corrected chi connectivity index (χ1v) is 4.44. The molecule has 3 heteroatoms. The molecule has 72 valence electrons. The maximum Gasteiger partial charge on any atom is 0.0904 e. The highest BCUT2D eigenvalue weighted by atomic mass is 16.5. The summed E-state index contributed by atoms with van der Waals surface area (Å²) in [5.41, 5.74) is -0.645. The van der Waals surface area contributed by atoms with Crippen LogP contribution in [-0.2, 0) is 9.47 Å². The van der Waals surface area contributed by atoms with Gasteiger partial charge in [-0.2, -0.15) is 0 Å². The van der Waals surface area contributed by atoms with Crippen molar-refractivity contribution < 1.29 is 14.6 Å². The van der Waals surface area contributed by atoms with E-state index in [2.05, 4.69) is 0 Å². The van der Waals surface area contributed by atoms with Crippen LogP contribution in [0.25, 0.3) is 0 Å². The Morgan fingerprint density at radius 3 is 2.83 bits per heavy atom. The molecule has 2 atom stereocenters. The van der Waals surface area contributed by atoms with Crippen molar-refractivity contribution in [2.45, 2.75) is 37.4 Å². The summed E-state index contributed by atoms with van der Waals surface area (Å²) in [6.45, 7) is 0.423. The Hall–Kier alpha value is -0.120. The summed E-state index contributed by atoms with van der Waals surface area (Å²) < 4.78 is 10.2. The molecule has 0 heterocycles. The highest BCUT2D eigenvalue weighted by Gasteiger charge is 2.34. The lowest BCUT2D eigenvalue weighted by molar-refractivity contribution is -0.0947. The third kappa shape index (κ3) is 2.44. The smallest absolute Gasteiger partial charge is 0.0904 e. The Balaban J connectivity index is 2.43. The summed E-state index contributed by atoms with van der Waals surface area (Å²) in [6, 6.07) is 0. The molecule has 0 aromatic heterocycles. The number of hydrogen-bond acceptors (Lipinski definition) is 3. The van der Waals surface area contributed by atoms with Crippen molar-refractivity contribution in [1.29, 1.82) is 0 Å². The Morgan fingerprint density at radius 1 is 1.50 bits per heavy atom. The van der Waals surface area contributed by atoms with E-state index in [0.29, 0.717) is 13.0 Å². The quantitative estimate of drug-likeness (QED) is 0.692. The molecule has 0 bridgehead atoms. The van der Waals surface area contributed by atoms with Crippen LogP contribution in [0.15, 0.2) is 0 Å². The lowest BCUT2D eigenvalue weighted by atomic mass is 9.84. The number of aliphatic hydroxyl groups is 1. The second-order valence-electron chi connectivity index (χ2n) is 3.61. The van der Waals surface area contributed by atoms with E-state index in [0.717, 1.165) is 19.3 Å². The number of methoxy groups -OCH3 is 2. The van der Waals surface area contributed by atoms with Crippen LogP contribution in [0.1, 0.15) is 25.7 Å². The normalized spacial score (nSPS) is 36.8. The molecule has 0 aliphatic heterocycles. The molecule has 0 aromatic rings. The molecular weight excluding hydrogens is 156 g/mol. The van der Waals surface area contributed by atoms with Gasteiger partial charge in [0.15, 0.2) is 0 Å². The number of ether oxygens (including phenoxy) is 2. The minimum atomic E-state index is -0.645. The van der Waals surface area contributed by atoms with Gasteiger partial charge in [0.05, 0.1) is 18.3 Å². The van der Waals surface area contributed by atoms with E-state index in [-0.39, 0.29) is 6.10 Å². The Morgan fingerprint density at radius 2 is 2.25 bits per heavy atom. The predicted octanol–water partition coefficient (Wildman–Crippen LogP) is 0.953. The molecule has 3 nitrogen and oxygen atoms in total. The number of rotatable bonds is 3. The second kappa shape index (κ2) is 4.21. The van der Waals surface area contributed by atoms with Gasteiger partial charge in [0.2, 0.25) is 0 Å². The van der Waals surface area contributed by atoms with Gasteiger partial charge in [0.1, 0.15) is 0 Å². The fraction of sp³-hybridized carbons (Fsp3) is 1.00. The molecule has 0 amide bonds. The van der Waals surface area contributed by atoms with Gasteiger partial charge in [-0.3, -0.25) is 0 Å². The molecule has 0 radical (unpaired) electrons. The summed E-state index contributed by atoms with van der Waals surface area (Å²) in [4.78, 5) is 0. The molecule has 0 spiro atoms. The van der Waals surface area contributed by atoms with Gasteiger partial charge in [-0.05, 0) is 19.3 Å². The van der Waals surface area contributed by atoms with Crippen LogP contribution >= 0.6 is 0 Å². The van der Waals surface area contributed by atoms with Crippen molar-refractivity contribution in [2.75, 3.05) is 20.8 Å². The lowest BCUT2D eigenvalue weighted by Gasteiger charge is -2.35. The molecule has 0 aromatic carbocycles. The fourth-order valence-electron chi connectivity index (χ4n) is 1.89. The van der Waals surface area contributed by atoms with Gasteiger partial charge < -0.3 is 14.6 Å². The van der Waals surface area contributed by atoms with Crippen molar-refractivity contribution in [3.63, 3.8) is 0 Å². The average molecular weight is 174 g/mol. The molecule has 1 saturated carbocycles. The molecule has 2 unspecified atom stereocenters. The van der Waals surface area contributed by atoms with Crippen molar-refractivity contribution >= 4 is 0 Å². The Labute approximate surface area is 73.7 Å². The second-order valence-corrected chi connectivity index (χ2v) is 3.61. The van der Waals surface area contributed by atoms with E-state index in [1.165, 1.54) is 0 Å². The Kier molecular flexibility index (Phi) is 3.50. The maximum absolute atomic E-state index is 9.97. The van der Waals surface area contributed by atoms with Crippen molar-refractivity contribution in [1.82, 2.24) is 0 Å². The molecule has 1 aliphatic carbocycles. The summed E-state index contributed by atoms with van der Waals surface area (Å²) in [6.07, 6.45) is 3.83. The van der Waals surface area contributed by atoms with Crippen molar-refractivity contribution in [3.8, 4) is 0 Å². The summed E-state index contributed by atoms with van der Waals surface area (Å²) >= 11 is 0. The van der Waals surface area contributed by atoms with Crippen LogP contribution in [0.4, 0.5) is 0 Å². The molecule has 1 N–H and O–H groups in total. The van der Waals surface area contributed by atoms with Crippen LogP contribution in [0.5, 0.6) is 0 Å². The monoisotopic (exact) mass is 174 g/mol. The van der Waals surface area contributed by atoms with Crippen LogP contribution < -0.4 is 0 Å². The van der Waals surface area contributed by atoms with Gasteiger partial charge in [0.25, 0.3) is 0 Å². The maximum atomic E-state index is 9.97. The van der Waals surface area contributed by atoms with Gasteiger partial charge >= 0.3 is 0 Å². The zero-order valence-electron chi connectivity index (χ0n) is 7.88. The highest BCUT2D eigenvalue weighted by molar-refractivity contribution is 4.86. The Bertz CT molecular complexity index is 134. The average Bonchev–Trinajstić information content (AvgIpc) is 2.04. The molecule has 1 fully saturated rings. The molecular formula is C9H18O3. The first kappa shape index (κ1) is 9.96. The van der Waals surface area contributed by atoms with Gasteiger partial charge in [-0.15, -0.1) is 0 Å². The van der Waals surface area contributed by atoms with Gasteiger partial charge in [0, 0.05) is 20.6 Å². The largest absolute Gasteiger partial charge is 0.387 e. The molecule has 12 heavy (non-hydrogen) atoms. The van der Waals surface area contributed by atoms with Gasteiger partial charge in [-0.1, -0.05) is 0 Å². The zero-order valence-corrected chi connectivity index (χ0v) is 7.88. The highest BCUT2D eigenvalue weighted by Crippen LogP contribution is 2.29. The first-order chi connectivity index (χ1) is 5.70. The topological polar surface area (TPSA) is 38.7 Å². The molecule has 1 rings (SSSR count). The zero-order chi connectivity index (χ0) is 9.03. The van der Waals surface area contributed by atoms with Crippen LogP contribution in [0.2, 0.25) is 0 Å². The van der Waals surface area contributed by atoms with Crippen molar-refractivity contribution in [2.24, 2.45) is 0 Å². The van der Waals surface area contributed by atoms with Crippen LogP contribution in [-0.4, -0.2) is 37.6 Å². The standard InChI is InChI=1S/C9H18O3/c1-11-7-9(10)5-3-4-8(6-9)12-2/h8,10H,3-7H2,1-2H3. The SMILES string of the molecule is COCC1(O)CCCC(OC)C1. The van der Waals surface area contributed by atoms with E-state index < -0.39 is 5.60 Å². The van der Waals surface area contributed by atoms with E-state index in [9.17, 15) is 5.11 Å². The van der Waals surface area contributed by atoms with E-state index >= 15 is 0 Å². The number of hydrogen-bond donors (Lipinski definition) is 1. The molecule has 1 aliphatic rings. The minimum Gasteiger partial charge on any atom is -0.387 e. The fourth-order valence-corrected chi connectivity index (χ4v) is 1.89. The minimum absolute atomic E-state index is 0.207.